The summed E-state index contributed by atoms with van der Waals surface area (Å²) in [4.78, 5) is 16.5. The molecule has 2 aromatic rings. The van der Waals surface area contributed by atoms with Gasteiger partial charge in [0.05, 0.1) is 25.5 Å². The molecule has 0 aromatic carbocycles. The van der Waals surface area contributed by atoms with Gasteiger partial charge in [-0.2, -0.15) is 0 Å². The lowest BCUT2D eigenvalue weighted by molar-refractivity contribution is -0.139. The summed E-state index contributed by atoms with van der Waals surface area (Å²) in [7, 11) is 0. The van der Waals surface area contributed by atoms with Gasteiger partial charge in [0.2, 0.25) is 0 Å². The Hall–Kier alpha value is -1.05. The maximum Gasteiger partial charge on any atom is 0.0989 e. The third-order valence-electron chi connectivity index (χ3n) is 4.61. The number of hydrogen-bond acceptors (Lipinski definition) is 6. The van der Waals surface area contributed by atoms with E-state index in [0.717, 1.165) is 39.6 Å². The van der Waals surface area contributed by atoms with E-state index in [1.54, 1.807) is 11.3 Å². The molecule has 0 saturated carbocycles. The van der Waals surface area contributed by atoms with E-state index in [2.05, 4.69) is 50.6 Å². The molecule has 114 valence electrons. The first-order valence-corrected chi connectivity index (χ1v) is 9.34. The summed E-state index contributed by atoms with van der Waals surface area (Å²) < 4.78 is 0. The molecule has 4 aliphatic heterocycles. The van der Waals surface area contributed by atoms with Crippen molar-refractivity contribution in [2.75, 3.05) is 39.6 Å². The Morgan fingerprint density at radius 2 is 1.68 bits per heavy atom. The zero-order valence-electron chi connectivity index (χ0n) is 12.3. The van der Waals surface area contributed by atoms with Gasteiger partial charge in [-0.15, -0.1) is 22.7 Å². The zero-order chi connectivity index (χ0) is 14.6. The monoisotopic (exact) mass is 330 g/mol. The van der Waals surface area contributed by atoms with E-state index >= 15 is 0 Å². The van der Waals surface area contributed by atoms with Crippen LogP contribution in [0, 0.1) is 0 Å². The van der Waals surface area contributed by atoms with Gasteiger partial charge in [0.25, 0.3) is 0 Å². The number of thiophene rings is 2. The Kier molecular flexibility index (Phi) is 3.03. The van der Waals surface area contributed by atoms with Crippen LogP contribution >= 0.6 is 22.7 Å². The minimum absolute atomic E-state index is 0.0852. The smallest absolute Gasteiger partial charge is 0.0989 e. The quantitative estimate of drug-likeness (QED) is 0.807. The summed E-state index contributed by atoms with van der Waals surface area (Å²) in [5.74, 6) is 0. The van der Waals surface area contributed by atoms with E-state index in [4.69, 9.17) is 4.99 Å². The summed E-state index contributed by atoms with van der Waals surface area (Å²) >= 11 is 3.64. The van der Waals surface area contributed by atoms with Crippen molar-refractivity contribution in [1.29, 1.82) is 0 Å². The molecule has 4 bridgehead atoms. The highest BCUT2D eigenvalue weighted by molar-refractivity contribution is 7.22. The molecular weight excluding hydrogens is 312 g/mol. The van der Waals surface area contributed by atoms with Crippen molar-refractivity contribution in [2.24, 2.45) is 4.99 Å². The number of nitrogens with zero attached hydrogens (tertiary/aromatic N) is 4. The van der Waals surface area contributed by atoms with Gasteiger partial charge in [-0.3, -0.25) is 19.7 Å². The van der Waals surface area contributed by atoms with E-state index in [9.17, 15) is 0 Å². The average Bonchev–Trinajstić information content (AvgIpc) is 3.15. The molecule has 0 N–H and O–H groups in total. The number of aliphatic imine (C=N–C) groups is 1. The lowest BCUT2D eigenvalue weighted by Gasteiger charge is -2.59. The Balaban J connectivity index is 1.38. The second-order valence-corrected chi connectivity index (χ2v) is 8.64. The van der Waals surface area contributed by atoms with Crippen LogP contribution in [0.4, 0.5) is 0 Å². The number of rotatable bonds is 3. The van der Waals surface area contributed by atoms with E-state index in [1.807, 2.05) is 11.3 Å². The highest BCUT2D eigenvalue weighted by Crippen LogP contribution is 2.33. The first-order valence-electron chi connectivity index (χ1n) is 7.64. The lowest BCUT2D eigenvalue weighted by atomic mass is 9.92. The van der Waals surface area contributed by atoms with Crippen molar-refractivity contribution in [3.63, 3.8) is 0 Å². The fourth-order valence-electron chi connectivity index (χ4n) is 3.98. The Bertz CT molecular complexity index is 668. The largest absolute Gasteiger partial charge is 0.281 e. The van der Waals surface area contributed by atoms with Crippen LogP contribution in [-0.2, 0) is 0 Å². The molecule has 0 unspecified atom stereocenters. The molecule has 4 aliphatic rings. The van der Waals surface area contributed by atoms with Crippen LogP contribution in [0.15, 0.2) is 34.6 Å². The van der Waals surface area contributed by atoms with E-state index in [0.29, 0.717) is 0 Å². The second kappa shape index (κ2) is 4.97. The minimum Gasteiger partial charge on any atom is -0.281 e. The minimum atomic E-state index is 0.0852. The predicted octanol–water partition coefficient (Wildman–Crippen LogP) is 2.45. The molecule has 22 heavy (non-hydrogen) atoms. The van der Waals surface area contributed by atoms with Crippen LogP contribution < -0.4 is 0 Å². The third kappa shape index (κ3) is 2.26. The summed E-state index contributed by atoms with van der Waals surface area (Å²) in [6.45, 7) is 6.69. The molecule has 6 heteroatoms. The van der Waals surface area contributed by atoms with Crippen molar-refractivity contribution in [3.05, 3.63) is 34.5 Å². The Labute approximate surface area is 138 Å². The topological polar surface area (TPSA) is 22.1 Å². The van der Waals surface area contributed by atoms with Crippen LogP contribution in [0.3, 0.4) is 0 Å². The lowest BCUT2D eigenvalue weighted by Crippen LogP contribution is -2.75. The first kappa shape index (κ1) is 13.4. The normalized spacial score (nSPS) is 36.5. The fraction of sp³-hybridized carbons (Fsp3) is 0.438. The Morgan fingerprint density at radius 3 is 2.32 bits per heavy atom. The molecule has 0 radical (unpaired) electrons. The van der Waals surface area contributed by atoms with E-state index < -0.39 is 0 Å². The summed E-state index contributed by atoms with van der Waals surface area (Å²) in [6, 6.07) is 8.71. The SMILES string of the molecule is C(=NC12CN3CN(CN(C3)C1)C2)c1ccc(-c2cccs2)s1. The molecule has 2 aromatic heterocycles. The van der Waals surface area contributed by atoms with Crippen LogP contribution in [0.1, 0.15) is 4.88 Å². The molecule has 4 nitrogen and oxygen atoms in total. The van der Waals surface area contributed by atoms with Crippen molar-refractivity contribution in [2.45, 2.75) is 5.54 Å². The van der Waals surface area contributed by atoms with Gasteiger partial charge in [0, 0.05) is 40.5 Å². The molecule has 0 atom stereocenters. The standard InChI is InChI=1S/C16H18N4S2/c1-2-14(21-5-1)15-4-3-13(22-15)6-17-16-7-18-10-19(8-16)12-20(9-16)11-18/h1-6H,7-12H2. The molecule has 4 fully saturated rings. The van der Waals surface area contributed by atoms with Crippen LogP contribution in [0.5, 0.6) is 0 Å². The van der Waals surface area contributed by atoms with Crippen LogP contribution in [-0.4, -0.2) is 66.1 Å². The highest BCUT2D eigenvalue weighted by atomic mass is 32.1. The first-order chi connectivity index (χ1) is 10.8. The Morgan fingerprint density at radius 1 is 0.955 bits per heavy atom. The summed E-state index contributed by atoms with van der Waals surface area (Å²) in [5.41, 5.74) is 0.0852. The fourth-order valence-corrected chi connectivity index (χ4v) is 5.69. The van der Waals surface area contributed by atoms with Crippen LogP contribution in [0.25, 0.3) is 9.75 Å². The zero-order valence-corrected chi connectivity index (χ0v) is 13.9. The van der Waals surface area contributed by atoms with Gasteiger partial charge in [-0.1, -0.05) is 6.07 Å². The average molecular weight is 330 g/mol. The molecule has 4 saturated heterocycles. The van der Waals surface area contributed by atoms with Gasteiger partial charge in [-0.05, 0) is 23.6 Å². The molecule has 0 spiro atoms. The van der Waals surface area contributed by atoms with Gasteiger partial charge in [-0.25, -0.2) is 0 Å². The van der Waals surface area contributed by atoms with Gasteiger partial charge >= 0.3 is 0 Å². The van der Waals surface area contributed by atoms with E-state index in [-0.39, 0.29) is 5.54 Å². The van der Waals surface area contributed by atoms with Crippen molar-refractivity contribution >= 4 is 28.9 Å². The van der Waals surface area contributed by atoms with Crippen LogP contribution in [0.2, 0.25) is 0 Å². The molecule has 0 aliphatic carbocycles. The maximum absolute atomic E-state index is 5.04. The van der Waals surface area contributed by atoms with Crippen molar-refractivity contribution < 1.29 is 0 Å². The van der Waals surface area contributed by atoms with E-state index in [1.165, 1.54) is 14.6 Å². The molecule has 6 rings (SSSR count). The molecular formula is C16H18N4S2. The second-order valence-electron chi connectivity index (χ2n) is 6.57. The highest BCUT2D eigenvalue weighted by Gasteiger charge is 2.48. The van der Waals surface area contributed by atoms with Crippen molar-refractivity contribution in [3.8, 4) is 9.75 Å². The van der Waals surface area contributed by atoms with Gasteiger partial charge < -0.3 is 0 Å². The van der Waals surface area contributed by atoms with Crippen molar-refractivity contribution in [1.82, 2.24) is 14.7 Å². The summed E-state index contributed by atoms with van der Waals surface area (Å²) in [5, 5.41) is 2.13. The van der Waals surface area contributed by atoms with Gasteiger partial charge in [0.1, 0.15) is 0 Å². The predicted molar refractivity (Wildman–Crippen MR) is 92.7 cm³/mol. The maximum atomic E-state index is 5.04. The molecule has 0 amide bonds. The van der Waals surface area contributed by atoms with Gasteiger partial charge in [0.15, 0.2) is 0 Å². The summed E-state index contributed by atoms with van der Waals surface area (Å²) in [6.07, 6.45) is 2.11. The third-order valence-corrected chi connectivity index (χ3v) is 6.70. The molecule has 6 heterocycles. The number of hydrogen-bond donors (Lipinski definition) is 0.